The number of aromatic nitrogens is 2. The Bertz CT molecular complexity index is 934. The number of halogens is 1. The van der Waals surface area contributed by atoms with Crippen LogP contribution in [0.2, 0.25) is 5.02 Å². The van der Waals surface area contributed by atoms with Crippen molar-refractivity contribution < 1.29 is 0 Å². The number of nitrogens with zero attached hydrogens (tertiary/aromatic N) is 3. The molecule has 3 aromatic rings. The molecular weight excluding hydrogens is 306 g/mol. The van der Waals surface area contributed by atoms with Crippen LogP contribution >= 0.6 is 11.6 Å². The molecule has 1 aliphatic carbocycles. The van der Waals surface area contributed by atoms with Crippen LogP contribution in [0.25, 0.3) is 16.9 Å². The van der Waals surface area contributed by atoms with Crippen molar-refractivity contribution in [1.82, 2.24) is 9.78 Å². The molecule has 4 rings (SSSR count). The van der Waals surface area contributed by atoms with E-state index >= 15 is 0 Å². The second kappa shape index (κ2) is 5.57. The lowest BCUT2D eigenvalue weighted by Crippen LogP contribution is -2.00. The van der Waals surface area contributed by atoms with E-state index in [1.54, 1.807) is 4.68 Å². The number of benzene rings is 2. The lowest BCUT2D eigenvalue weighted by molar-refractivity contribution is 0.880. The van der Waals surface area contributed by atoms with Gasteiger partial charge >= 0.3 is 0 Å². The van der Waals surface area contributed by atoms with Gasteiger partial charge in [-0.3, -0.25) is 0 Å². The summed E-state index contributed by atoms with van der Waals surface area (Å²) in [5.41, 5.74) is 5.96. The van der Waals surface area contributed by atoms with E-state index in [9.17, 15) is 5.26 Å². The highest BCUT2D eigenvalue weighted by molar-refractivity contribution is 6.32. The summed E-state index contributed by atoms with van der Waals surface area (Å²) < 4.78 is 1.76. The molecule has 0 spiro atoms. The number of para-hydroxylation sites is 1. The molecule has 1 aliphatic rings. The maximum absolute atomic E-state index is 9.23. The fourth-order valence-electron chi connectivity index (χ4n) is 3.18. The van der Waals surface area contributed by atoms with Crippen LogP contribution in [0.15, 0.2) is 48.5 Å². The van der Waals surface area contributed by atoms with Crippen molar-refractivity contribution in [3.05, 3.63) is 70.4 Å². The Kier molecular flexibility index (Phi) is 3.40. The standard InChI is InChI=1S/C19H14ClN3/c20-17-6-1-2-7-18(17)23-19(11-16(12-21)22-23)15-9-8-13-4-3-5-14(13)10-15/h1-2,6-11H,3-5H2. The van der Waals surface area contributed by atoms with Crippen molar-refractivity contribution in [2.45, 2.75) is 19.3 Å². The Labute approximate surface area is 139 Å². The van der Waals surface area contributed by atoms with Crippen LogP contribution < -0.4 is 0 Å². The summed E-state index contributed by atoms with van der Waals surface area (Å²) in [6.07, 6.45) is 3.49. The Morgan fingerprint density at radius 3 is 2.70 bits per heavy atom. The normalized spacial score (nSPS) is 12.9. The molecule has 112 valence electrons. The number of hydrogen-bond donors (Lipinski definition) is 0. The molecule has 4 heteroatoms. The zero-order chi connectivity index (χ0) is 15.8. The Morgan fingerprint density at radius 2 is 1.87 bits per heavy atom. The largest absolute Gasteiger partial charge is 0.230 e. The Hall–Kier alpha value is -2.57. The first kappa shape index (κ1) is 14.0. The molecule has 3 nitrogen and oxygen atoms in total. The molecule has 1 aromatic heterocycles. The highest BCUT2D eigenvalue weighted by Gasteiger charge is 2.16. The molecule has 0 aliphatic heterocycles. The molecule has 0 bridgehead atoms. The minimum Gasteiger partial charge on any atom is -0.230 e. The maximum Gasteiger partial charge on any atom is 0.163 e. The molecule has 0 radical (unpaired) electrons. The van der Waals surface area contributed by atoms with Gasteiger partial charge in [-0.15, -0.1) is 0 Å². The van der Waals surface area contributed by atoms with E-state index in [-0.39, 0.29) is 0 Å². The zero-order valence-corrected chi connectivity index (χ0v) is 13.2. The monoisotopic (exact) mass is 319 g/mol. The van der Waals surface area contributed by atoms with Crippen LogP contribution in [0.5, 0.6) is 0 Å². The van der Waals surface area contributed by atoms with Gasteiger partial charge < -0.3 is 0 Å². The molecule has 0 atom stereocenters. The summed E-state index contributed by atoms with van der Waals surface area (Å²) >= 11 is 6.32. The van der Waals surface area contributed by atoms with Gasteiger partial charge in [0.15, 0.2) is 5.69 Å². The maximum atomic E-state index is 9.23. The van der Waals surface area contributed by atoms with Crippen LogP contribution in [-0.2, 0) is 12.8 Å². The highest BCUT2D eigenvalue weighted by Crippen LogP contribution is 2.31. The molecule has 0 amide bonds. The Morgan fingerprint density at radius 1 is 1.04 bits per heavy atom. The summed E-state index contributed by atoms with van der Waals surface area (Å²) in [5.74, 6) is 0. The van der Waals surface area contributed by atoms with E-state index in [0.717, 1.165) is 29.8 Å². The predicted molar refractivity (Wildman–Crippen MR) is 90.8 cm³/mol. The molecule has 0 saturated heterocycles. The van der Waals surface area contributed by atoms with E-state index in [4.69, 9.17) is 11.6 Å². The van der Waals surface area contributed by atoms with Gasteiger partial charge in [-0.05, 0) is 48.6 Å². The summed E-state index contributed by atoms with van der Waals surface area (Å²) in [6, 6.07) is 18.0. The second-order valence-electron chi connectivity index (χ2n) is 5.73. The van der Waals surface area contributed by atoms with Crippen molar-refractivity contribution in [2.75, 3.05) is 0 Å². The lowest BCUT2D eigenvalue weighted by Gasteiger charge is -2.10. The van der Waals surface area contributed by atoms with Crippen molar-refractivity contribution in [2.24, 2.45) is 0 Å². The molecule has 0 saturated carbocycles. The van der Waals surface area contributed by atoms with E-state index < -0.39 is 0 Å². The quantitative estimate of drug-likeness (QED) is 0.695. The average Bonchev–Trinajstić information content (AvgIpc) is 3.21. The minimum atomic E-state index is 0.389. The number of aryl methyl sites for hydroxylation is 2. The fraction of sp³-hybridized carbons (Fsp3) is 0.158. The lowest BCUT2D eigenvalue weighted by atomic mass is 10.0. The van der Waals surface area contributed by atoms with Crippen LogP contribution in [0.1, 0.15) is 23.2 Å². The minimum absolute atomic E-state index is 0.389. The van der Waals surface area contributed by atoms with Gasteiger partial charge in [0.05, 0.1) is 16.4 Å². The summed E-state index contributed by atoms with van der Waals surface area (Å²) in [7, 11) is 0. The van der Waals surface area contributed by atoms with Gasteiger partial charge in [-0.25, -0.2) is 4.68 Å². The van der Waals surface area contributed by atoms with Crippen molar-refractivity contribution in [3.8, 4) is 23.0 Å². The SMILES string of the molecule is N#Cc1cc(-c2ccc3c(c2)CCC3)n(-c2ccccc2Cl)n1. The highest BCUT2D eigenvalue weighted by atomic mass is 35.5. The van der Waals surface area contributed by atoms with E-state index in [1.807, 2.05) is 30.3 Å². The van der Waals surface area contributed by atoms with Crippen LogP contribution in [-0.4, -0.2) is 9.78 Å². The van der Waals surface area contributed by atoms with Crippen molar-refractivity contribution in [1.29, 1.82) is 5.26 Å². The Balaban J connectivity index is 1.91. The zero-order valence-electron chi connectivity index (χ0n) is 12.5. The number of nitriles is 1. The summed E-state index contributed by atoms with van der Waals surface area (Å²) in [5, 5.41) is 14.2. The predicted octanol–water partition coefficient (Wildman–Crippen LogP) is 4.55. The van der Waals surface area contributed by atoms with Crippen LogP contribution in [0.4, 0.5) is 0 Å². The van der Waals surface area contributed by atoms with Gasteiger partial charge in [-0.1, -0.05) is 35.9 Å². The molecular formula is C19H14ClN3. The van der Waals surface area contributed by atoms with Gasteiger partial charge in [0.2, 0.25) is 0 Å². The fourth-order valence-corrected chi connectivity index (χ4v) is 3.40. The molecule has 2 aromatic carbocycles. The number of rotatable bonds is 2. The van der Waals surface area contributed by atoms with E-state index in [2.05, 4.69) is 29.4 Å². The summed E-state index contributed by atoms with van der Waals surface area (Å²) in [6.45, 7) is 0. The van der Waals surface area contributed by atoms with Crippen molar-refractivity contribution >= 4 is 11.6 Å². The van der Waals surface area contributed by atoms with Gasteiger partial charge in [0.1, 0.15) is 6.07 Å². The number of hydrogen-bond acceptors (Lipinski definition) is 2. The third kappa shape index (κ3) is 2.42. The van der Waals surface area contributed by atoms with Gasteiger partial charge in [0, 0.05) is 11.6 Å². The first-order valence-corrected chi connectivity index (χ1v) is 8.01. The molecule has 1 heterocycles. The smallest absolute Gasteiger partial charge is 0.163 e. The van der Waals surface area contributed by atoms with Crippen LogP contribution in [0, 0.1) is 11.3 Å². The number of fused-ring (bicyclic) bond motifs is 1. The van der Waals surface area contributed by atoms with E-state index in [0.29, 0.717) is 10.7 Å². The molecule has 0 fully saturated rings. The first-order valence-electron chi connectivity index (χ1n) is 7.63. The third-order valence-corrected chi connectivity index (χ3v) is 4.62. The van der Waals surface area contributed by atoms with Gasteiger partial charge in [-0.2, -0.15) is 10.4 Å². The molecule has 23 heavy (non-hydrogen) atoms. The average molecular weight is 320 g/mol. The second-order valence-corrected chi connectivity index (χ2v) is 6.13. The van der Waals surface area contributed by atoms with E-state index in [1.165, 1.54) is 17.5 Å². The van der Waals surface area contributed by atoms with Crippen molar-refractivity contribution in [3.63, 3.8) is 0 Å². The third-order valence-electron chi connectivity index (χ3n) is 4.30. The summed E-state index contributed by atoms with van der Waals surface area (Å²) in [4.78, 5) is 0. The molecule has 0 N–H and O–H groups in total. The first-order chi connectivity index (χ1) is 11.3. The molecule has 0 unspecified atom stereocenters. The van der Waals surface area contributed by atoms with Crippen LogP contribution in [0.3, 0.4) is 0 Å². The topological polar surface area (TPSA) is 41.6 Å². The van der Waals surface area contributed by atoms with Gasteiger partial charge in [0.25, 0.3) is 0 Å².